The highest BCUT2D eigenvalue weighted by molar-refractivity contribution is 6.32. The summed E-state index contributed by atoms with van der Waals surface area (Å²) in [6, 6.07) is 0.899. The maximum atomic E-state index is 13.3. The number of carboxylic acids is 1. The molecule has 0 saturated heterocycles. The first-order valence-corrected chi connectivity index (χ1v) is 4.75. The molecular weight excluding hydrogens is 239 g/mol. The molecule has 88 valence electrons. The van der Waals surface area contributed by atoms with Gasteiger partial charge < -0.3 is 14.9 Å². The third kappa shape index (κ3) is 2.04. The molecule has 0 fully saturated rings. The molecular formula is C10H10ClFO4. The number of aliphatic carboxylic acids is 1. The SMILES string of the molecule is COc1cc(F)c(Cl)c(C(C)C(=O)O)c1O. The van der Waals surface area contributed by atoms with E-state index in [1.165, 1.54) is 14.0 Å². The van der Waals surface area contributed by atoms with Crippen LogP contribution in [0.2, 0.25) is 5.02 Å². The fourth-order valence-electron chi connectivity index (χ4n) is 1.29. The van der Waals surface area contributed by atoms with Gasteiger partial charge in [0.2, 0.25) is 0 Å². The maximum absolute atomic E-state index is 13.3. The lowest BCUT2D eigenvalue weighted by Gasteiger charge is -2.14. The lowest BCUT2D eigenvalue weighted by atomic mass is 9.99. The minimum Gasteiger partial charge on any atom is -0.504 e. The summed E-state index contributed by atoms with van der Waals surface area (Å²) in [4.78, 5) is 10.8. The van der Waals surface area contributed by atoms with Gasteiger partial charge in [0.25, 0.3) is 0 Å². The number of carboxylic acid groups (broad SMARTS) is 1. The van der Waals surface area contributed by atoms with Gasteiger partial charge in [-0.2, -0.15) is 0 Å². The van der Waals surface area contributed by atoms with Crippen molar-refractivity contribution in [2.24, 2.45) is 0 Å². The van der Waals surface area contributed by atoms with Crippen LogP contribution >= 0.6 is 11.6 Å². The van der Waals surface area contributed by atoms with Crippen molar-refractivity contribution in [1.29, 1.82) is 0 Å². The number of carbonyl (C=O) groups is 1. The van der Waals surface area contributed by atoms with Gasteiger partial charge in [-0.05, 0) is 6.92 Å². The number of phenolic OH excluding ortho intramolecular Hbond substituents is 1. The normalized spacial score (nSPS) is 12.2. The van der Waals surface area contributed by atoms with E-state index < -0.39 is 28.5 Å². The van der Waals surface area contributed by atoms with Crippen LogP contribution in [0.25, 0.3) is 0 Å². The van der Waals surface area contributed by atoms with E-state index in [1.807, 2.05) is 0 Å². The molecule has 0 radical (unpaired) electrons. The molecule has 2 N–H and O–H groups in total. The van der Waals surface area contributed by atoms with Crippen LogP contribution in [0.1, 0.15) is 18.4 Å². The molecule has 0 aromatic heterocycles. The number of hydrogen-bond donors (Lipinski definition) is 2. The Balaban J connectivity index is 3.47. The average molecular weight is 249 g/mol. The van der Waals surface area contributed by atoms with Crippen LogP contribution in [-0.2, 0) is 4.79 Å². The highest BCUT2D eigenvalue weighted by Crippen LogP contribution is 2.41. The number of ether oxygens (including phenoxy) is 1. The molecule has 1 atom stereocenters. The molecule has 16 heavy (non-hydrogen) atoms. The van der Waals surface area contributed by atoms with Gasteiger partial charge in [-0.15, -0.1) is 0 Å². The van der Waals surface area contributed by atoms with Crippen molar-refractivity contribution in [1.82, 2.24) is 0 Å². The van der Waals surface area contributed by atoms with Gasteiger partial charge in [0, 0.05) is 11.6 Å². The smallest absolute Gasteiger partial charge is 0.310 e. The second-order valence-electron chi connectivity index (χ2n) is 3.20. The number of benzene rings is 1. The molecule has 1 unspecified atom stereocenters. The van der Waals surface area contributed by atoms with Crippen LogP contribution in [0.4, 0.5) is 4.39 Å². The van der Waals surface area contributed by atoms with Crippen LogP contribution in [0.3, 0.4) is 0 Å². The van der Waals surface area contributed by atoms with E-state index in [9.17, 15) is 14.3 Å². The lowest BCUT2D eigenvalue weighted by molar-refractivity contribution is -0.138. The lowest BCUT2D eigenvalue weighted by Crippen LogP contribution is -2.09. The van der Waals surface area contributed by atoms with Crippen molar-refractivity contribution in [2.45, 2.75) is 12.8 Å². The Morgan fingerprint density at radius 3 is 2.62 bits per heavy atom. The predicted octanol–water partition coefficient (Wildman–Crippen LogP) is 2.38. The predicted molar refractivity (Wildman–Crippen MR) is 55.7 cm³/mol. The summed E-state index contributed by atoms with van der Waals surface area (Å²) in [6.45, 7) is 1.29. The van der Waals surface area contributed by atoms with E-state index in [2.05, 4.69) is 0 Å². The van der Waals surface area contributed by atoms with Crippen molar-refractivity contribution >= 4 is 17.6 Å². The van der Waals surface area contributed by atoms with Gasteiger partial charge in [0.1, 0.15) is 5.82 Å². The van der Waals surface area contributed by atoms with Gasteiger partial charge in [-0.25, -0.2) is 4.39 Å². The summed E-state index contributed by atoms with van der Waals surface area (Å²) in [5, 5.41) is 18.1. The molecule has 1 aromatic rings. The monoisotopic (exact) mass is 248 g/mol. The first-order valence-electron chi connectivity index (χ1n) is 4.37. The third-order valence-electron chi connectivity index (χ3n) is 2.22. The molecule has 0 spiro atoms. The van der Waals surface area contributed by atoms with Crippen molar-refractivity contribution < 1.29 is 24.1 Å². The molecule has 0 heterocycles. The third-order valence-corrected chi connectivity index (χ3v) is 2.60. The summed E-state index contributed by atoms with van der Waals surface area (Å²) in [6.07, 6.45) is 0. The van der Waals surface area contributed by atoms with Crippen molar-refractivity contribution in [3.63, 3.8) is 0 Å². The van der Waals surface area contributed by atoms with Gasteiger partial charge in [0.15, 0.2) is 11.5 Å². The molecule has 0 aliphatic carbocycles. The van der Waals surface area contributed by atoms with Gasteiger partial charge in [0.05, 0.1) is 18.1 Å². The standard InChI is InChI=1S/C10H10ClFO4/c1-4(10(14)15)7-8(11)5(12)3-6(16-2)9(7)13/h3-4,13H,1-2H3,(H,14,15). The fourth-order valence-corrected chi connectivity index (χ4v) is 1.59. The number of halogens is 2. The van der Waals surface area contributed by atoms with Crippen LogP contribution < -0.4 is 4.74 Å². The zero-order chi connectivity index (χ0) is 12.5. The highest BCUT2D eigenvalue weighted by atomic mass is 35.5. The number of rotatable bonds is 3. The molecule has 1 aromatic carbocycles. The second-order valence-corrected chi connectivity index (χ2v) is 3.57. The Bertz CT molecular complexity index is 433. The Kier molecular flexibility index (Phi) is 3.59. The summed E-state index contributed by atoms with van der Waals surface area (Å²) in [7, 11) is 1.23. The van der Waals surface area contributed by atoms with Crippen LogP contribution in [0.15, 0.2) is 6.07 Å². The number of aromatic hydroxyl groups is 1. The minimum absolute atomic E-state index is 0.148. The fraction of sp³-hybridized carbons (Fsp3) is 0.300. The van der Waals surface area contributed by atoms with E-state index in [4.69, 9.17) is 21.4 Å². The Hall–Kier alpha value is -1.49. The van der Waals surface area contributed by atoms with Crippen LogP contribution in [0, 0.1) is 5.82 Å². The Labute approximate surface area is 96.2 Å². The summed E-state index contributed by atoms with van der Waals surface area (Å²) in [5.41, 5.74) is -0.189. The zero-order valence-electron chi connectivity index (χ0n) is 8.62. The molecule has 0 amide bonds. The number of hydrogen-bond acceptors (Lipinski definition) is 3. The average Bonchev–Trinajstić information content (AvgIpc) is 2.23. The van der Waals surface area contributed by atoms with Crippen LogP contribution in [-0.4, -0.2) is 23.3 Å². The first-order chi connectivity index (χ1) is 7.40. The molecule has 0 aliphatic heterocycles. The molecule has 0 saturated carbocycles. The van der Waals surface area contributed by atoms with E-state index in [-0.39, 0.29) is 11.3 Å². The first kappa shape index (κ1) is 12.6. The summed E-state index contributed by atoms with van der Waals surface area (Å²) < 4.78 is 18.0. The maximum Gasteiger partial charge on any atom is 0.310 e. The molecule has 0 bridgehead atoms. The van der Waals surface area contributed by atoms with Crippen molar-refractivity contribution in [3.8, 4) is 11.5 Å². The Morgan fingerprint density at radius 2 is 2.19 bits per heavy atom. The van der Waals surface area contributed by atoms with E-state index in [1.54, 1.807) is 0 Å². The van der Waals surface area contributed by atoms with Gasteiger partial charge in [-0.1, -0.05) is 11.6 Å². The summed E-state index contributed by atoms with van der Waals surface area (Å²) in [5.74, 6) is -3.78. The topological polar surface area (TPSA) is 66.8 Å². The van der Waals surface area contributed by atoms with E-state index in [0.29, 0.717) is 0 Å². The molecule has 6 heteroatoms. The quantitative estimate of drug-likeness (QED) is 0.862. The minimum atomic E-state index is -1.22. The van der Waals surface area contributed by atoms with Crippen molar-refractivity contribution in [2.75, 3.05) is 7.11 Å². The summed E-state index contributed by atoms with van der Waals surface area (Å²) >= 11 is 5.61. The number of methoxy groups -OCH3 is 1. The van der Waals surface area contributed by atoms with Crippen molar-refractivity contribution in [3.05, 3.63) is 22.5 Å². The van der Waals surface area contributed by atoms with Gasteiger partial charge in [-0.3, -0.25) is 4.79 Å². The molecule has 4 nitrogen and oxygen atoms in total. The van der Waals surface area contributed by atoms with Crippen LogP contribution in [0.5, 0.6) is 11.5 Å². The Morgan fingerprint density at radius 1 is 1.62 bits per heavy atom. The van der Waals surface area contributed by atoms with E-state index in [0.717, 1.165) is 6.07 Å². The van der Waals surface area contributed by atoms with Gasteiger partial charge >= 0.3 is 5.97 Å². The largest absolute Gasteiger partial charge is 0.504 e. The molecule has 1 rings (SSSR count). The highest BCUT2D eigenvalue weighted by Gasteiger charge is 2.26. The molecule has 0 aliphatic rings. The second kappa shape index (κ2) is 4.57. The number of phenols is 1. The zero-order valence-corrected chi connectivity index (χ0v) is 9.38. The van der Waals surface area contributed by atoms with E-state index >= 15 is 0 Å².